The van der Waals surface area contributed by atoms with E-state index in [0.717, 1.165) is 18.2 Å². The Bertz CT molecular complexity index is 875. The summed E-state index contributed by atoms with van der Waals surface area (Å²) in [5.74, 6) is -1.09. The van der Waals surface area contributed by atoms with Gasteiger partial charge in [0.05, 0.1) is 17.6 Å². The van der Waals surface area contributed by atoms with Crippen LogP contribution in [0.15, 0.2) is 47.4 Å². The molecular weight excluding hydrogens is 384 g/mol. The van der Waals surface area contributed by atoms with Crippen molar-refractivity contribution in [1.29, 1.82) is 0 Å². The SMILES string of the molecule is O=S(=O)(c1ccc(Cl)cc1)N1CCC[C@@H](OCc2cc(F)ccc2F)C1. The van der Waals surface area contributed by atoms with Gasteiger partial charge in [0.25, 0.3) is 0 Å². The summed E-state index contributed by atoms with van der Waals surface area (Å²) in [4.78, 5) is 0.165. The average Bonchev–Trinajstić information content (AvgIpc) is 2.63. The Morgan fingerprint density at radius 1 is 1.15 bits per heavy atom. The van der Waals surface area contributed by atoms with E-state index in [9.17, 15) is 17.2 Å². The Labute approximate surface area is 156 Å². The van der Waals surface area contributed by atoms with Crippen molar-refractivity contribution in [2.45, 2.75) is 30.4 Å². The average molecular weight is 402 g/mol. The number of hydrogen-bond donors (Lipinski definition) is 0. The zero-order valence-electron chi connectivity index (χ0n) is 13.9. The molecule has 0 unspecified atom stereocenters. The van der Waals surface area contributed by atoms with Crippen molar-refractivity contribution in [3.8, 4) is 0 Å². The second-order valence-corrected chi connectivity index (χ2v) is 8.50. The molecule has 2 aromatic rings. The van der Waals surface area contributed by atoms with Crippen LogP contribution in [0.4, 0.5) is 8.78 Å². The van der Waals surface area contributed by atoms with Crippen LogP contribution >= 0.6 is 11.6 Å². The first kappa shape index (κ1) is 19.2. The monoisotopic (exact) mass is 401 g/mol. The van der Waals surface area contributed by atoms with E-state index in [-0.39, 0.29) is 29.7 Å². The summed E-state index contributed by atoms with van der Waals surface area (Å²) in [6.07, 6.45) is 0.903. The van der Waals surface area contributed by atoms with Crippen molar-refractivity contribution in [2.75, 3.05) is 13.1 Å². The second-order valence-electron chi connectivity index (χ2n) is 6.13. The summed E-state index contributed by atoms with van der Waals surface area (Å²) >= 11 is 5.81. The number of nitrogens with zero attached hydrogens (tertiary/aromatic N) is 1. The first-order valence-corrected chi connectivity index (χ1v) is 9.99. The summed E-state index contributed by atoms with van der Waals surface area (Å²) in [6, 6.07) is 9.15. The van der Waals surface area contributed by atoms with E-state index in [1.165, 1.54) is 28.6 Å². The highest BCUT2D eigenvalue weighted by atomic mass is 35.5. The van der Waals surface area contributed by atoms with Crippen molar-refractivity contribution in [3.63, 3.8) is 0 Å². The van der Waals surface area contributed by atoms with E-state index in [1.807, 2.05) is 0 Å². The van der Waals surface area contributed by atoms with Gasteiger partial charge in [0, 0.05) is 23.7 Å². The number of piperidine rings is 1. The van der Waals surface area contributed by atoms with Crippen LogP contribution in [0.2, 0.25) is 5.02 Å². The molecule has 1 aliphatic heterocycles. The van der Waals surface area contributed by atoms with Crippen LogP contribution < -0.4 is 0 Å². The van der Waals surface area contributed by atoms with Gasteiger partial charge in [0.15, 0.2) is 0 Å². The molecule has 0 amide bonds. The van der Waals surface area contributed by atoms with E-state index in [2.05, 4.69) is 0 Å². The lowest BCUT2D eigenvalue weighted by molar-refractivity contribution is 0.00685. The maximum atomic E-state index is 13.7. The fourth-order valence-corrected chi connectivity index (χ4v) is 4.51. The van der Waals surface area contributed by atoms with Crippen molar-refractivity contribution in [1.82, 2.24) is 4.31 Å². The first-order valence-electron chi connectivity index (χ1n) is 8.17. The summed E-state index contributed by atoms with van der Waals surface area (Å²) in [5, 5.41) is 0.459. The molecule has 0 aromatic heterocycles. The number of benzene rings is 2. The molecular formula is C18H18ClF2NO3S. The molecule has 4 nitrogen and oxygen atoms in total. The minimum Gasteiger partial charge on any atom is -0.372 e. The normalized spacial score (nSPS) is 18.8. The molecule has 140 valence electrons. The second kappa shape index (κ2) is 8.00. The lowest BCUT2D eigenvalue weighted by atomic mass is 10.1. The molecule has 2 aromatic carbocycles. The molecule has 0 aliphatic carbocycles. The van der Waals surface area contributed by atoms with Crippen LogP contribution in [0.5, 0.6) is 0 Å². The summed E-state index contributed by atoms with van der Waals surface area (Å²) in [6.45, 7) is 0.449. The molecule has 0 N–H and O–H groups in total. The van der Waals surface area contributed by atoms with E-state index < -0.39 is 21.7 Å². The molecule has 1 aliphatic rings. The summed E-state index contributed by atoms with van der Waals surface area (Å²) in [7, 11) is -3.65. The van der Waals surface area contributed by atoms with Gasteiger partial charge < -0.3 is 4.74 Å². The smallest absolute Gasteiger partial charge is 0.243 e. The summed E-state index contributed by atoms with van der Waals surface area (Å²) < 4.78 is 59.4. The predicted octanol–water partition coefficient (Wildman–Crippen LogP) is 3.99. The van der Waals surface area contributed by atoms with Gasteiger partial charge in [0.1, 0.15) is 11.6 Å². The minimum atomic E-state index is -3.65. The van der Waals surface area contributed by atoms with Crippen LogP contribution in [0, 0.1) is 11.6 Å². The van der Waals surface area contributed by atoms with Crippen LogP contribution in [0.25, 0.3) is 0 Å². The topological polar surface area (TPSA) is 46.6 Å². The Morgan fingerprint density at radius 3 is 2.62 bits per heavy atom. The molecule has 0 spiro atoms. The fourth-order valence-electron chi connectivity index (χ4n) is 2.88. The largest absolute Gasteiger partial charge is 0.372 e. The summed E-state index contributed by atoms with van der Waals surface area (Å²) in [5.41, 5.74) is 0.114. The van der Waals surface area contributed by atoms with E-state index in [0.29, 0.717) is 24.4 Å². The highest BCUT2D eigenvalue weighted by Crippen LogP contribution is 2.24. The van der Waals surface area contributed by atoms with Crippen LogP contribution in [0.1, 0.15) is 18.4 Å². The molecule has 0 radical (unpaired) electrons. The third-order valence-corrected chi connectivity index (χ3v) is 6.41. The van der Waals surface area contributed by atoms with Crippen LogP contribution in [-0.4, -0.2) is 31.9 Å². The number of halogens is 3. The lowest BCUT2D eigenvalue weighted by Gasteiger charge is -2.32. The maximum absolute atomic E-state index is 13.7. The molecule has 1 heterocycles. The third-order valence-electron chi connectivity index (χ3n) is 4.27. The number of hydrogen-bond acceptors (Lipinski definition) is 3. The van der Waals surface area contributed by atoms with Gasteiger partial charge in [0.2, 0.25) is 10.0 Å². The zero-order valence-corrected chi connectivity index (χ0v) is 15.4. The fraction of sp³-hybridized carbons (Fsp3) is 0.333. The minimum absolute atomic E-state index is 0.108. The van der Waals surface area contributed by atoms with Crippen molar-refractivity contribution >= 4 is 21.6 Å². The zero-order chi connectivity index (χ0) is 18.7. The molecule has 3 rings (SSSR count). The molecule has 0 saturated carbocycles. The number of rotatable bonds is 5. The third kappa shape index (κ3) is 4.40. The van der Waals surface area contributed by atoms with E-state index in [4.69, 9.17) is 16.3 Å². The standard InChI is InChI=1S/C18H18ClF2NO3S/c19-14-3-6-17(7-4-14)26(23,24)22-9-1-2-16(11-22)25-12-13-10-15(20)5-8-18(13)21/h3-8,10,16H,1-2,9,11-12H2/t16-/m1/s1. The Balaban J connectivity index is 1.67. The van der Waals surface area contributed by atoms with E-state index >= 15 is 0 Å². The first-order chi connectivity index (χ1) is 12.4. The maximum Gasteiger partial charge on any atom is 0.243 e. The Morgan fingerprint density at radius 2 is 1.88 bits per heavy atom. The Kier molecular flexibility index (Phi) is 5.92. The van der Waals surface area contributed by atoms with Crippen molar-refractivity contribution in [3.05, 3.63) is 64.7 Å². The van der Waals surface area contributed by atoms with Gasteiger partial charge in [-0.2, -0.15) is 4.31 Å². The molecule has 0 bridgehead atoms. The number of ether oxygens (including phenoxy) is 1. The Hall–Kier alpha value is -1.54. The van der Waals surface area contributed by atoms with Crippen molar-refractivity contribution < 1.29 is 21.9 Å². The molecule has 26 heavy (non-hydrogen) atoms. The highest BCUT2D eigenvalue weighted by Gasteiger charge is 2.30. The molecule has 1 atom stereocenters. The predicted molar refractivity (Wildman–Crippen MR) is 94.4 cm³/mol. The van der Waals surface area contributed by atoms with E-state index in [1.54, 1.807) is 0 Å². The molecule has 1 saturated heterocycles. The highest BCUT2D eigenvalue weighted by molar-refractivity contribution is 7.89. The van der Waals surface area contributed by atoms with Gasteiger partial charge >= 0.3 is 0 Å². The van der Waals surface area contributed by atoms with Crippen molar-refractivity contribution in [2.24, 2.45) is 0 Å². The van der Waals surface area contributed by atoms with Gasteiger partial charge in [-0.05, 0) is 55.3 Å². The van der Waals surface area contributed by atoms with Gasteiger partial charge in [-0.1, -0.05) is 11.6 Å². The number of sulfonamides is 1. The lowest BCUT2D eigenvalue weighted by Crippen LogP contribution is -2.43. The van der Waals surface area contributed by atoms with Gasteiger partial charge in [-0.15, -0.1) is 0 Å². The quantitative estimate of drug-likeness (QED) is 0.761. The molecule has 8 heteroatoms. The van der Waals surface area contributed by atoms with Gasteiger partial charge in [-0.25, -0.2) is 17.2 Å². The van der Waals surface area contributed by atoms with Crippen LogP contribution in [-0.2, 0) is 21.4 Å². The van der Waals surface area contributed by atoms with Gasteiger partial charge in [-0.3, -0.25) is 0 Å². The van der Waals surface area contributed by atoms with Crippen LogP contribution in [0.3, 0.4) is 0 Å². The molecule has 1 fully saturated rings.